The van der Waals surface area contributed by atoms with Crippen molar-refractivity contribution in [2.75, 3.05) is 53.0 Å². The highest BCUT2D eigenvalue weighted by Crippen LogP contribution is 2.38. The molecule has 2 fully saturated rings. The molecule has 4 aromatic rings. The molecule has 4 unspecified atom stereocenters. The first-order valence-corrected chi connectivity index (χ1v) is 17.2. The summed E-state index contributed by atoms with van der Waals surface area (Å²) in [6, 6.07) is 25.0. The first-order chi connectivity index (χ1) is 25.3. The summed E-state index contributed by atoms with van der Waals surface area (Å²) in [6.45, 7) is 5.48. The first-order valence-electron chi connectivity index (χ1n) is 17.2. The third-order valence-corrected chi connectivity index (χ3v) is 9.43. The predicted molar refractivity (Wildman–Crippen MR) is 187 cm³/mol. The molecular weight excluding hydrogens is 678 g/mol. The summed E-state index contributed by atoms with van der Waals surface area (Å²) in [5.41, 5.74) is 2.36. The lowest BCUT2D eigenvalue weighted by Crippen LogP contribution is -2.38. The molecule has 13 heteroatoms. The van der Waals surface area contributed by atoms with E-state index in [2.05, 4.69) is 10.6 Å². The van der Waals surface area contributed by atoms with Crippen molar-refractivity contribution in [2.24, 2.45) is 11.8 Å². The molecule has 11 nitrogen and oxygen atoms in total. The largest absolute Gasteiger partial charge is 0.503 e. The maximum absolute atomic E-state index is 13.2. The van der Waals surface area contributed by atoms with E-state index in [0.717, 1.165) is 73.5 Å². The standard InChI is InChI=1S/2C19H20FNO3.CH2O3/c2*20-15-3-1-13(2-4-15)17-7-8-21-10-14(17)11-22-16-5-6-18-19(9-16)24-12-23-18;2-1(3)4/h2*1-6,9,14,17,21H,7-8,10-12H2;(H2,2,3,4). The number of nitrogens with one attached hydrogen (secondary N) is 2. The van der Waals surface area contributed by atoms with E-state index in [1.165, 1.54) is 35.4 Å². The van der Waals surface area contributed by atoms with Crippen molar-refractivity contribution in [3.05, 3.63) is 108 Å². The van der Waals surface area contributed by atoms with Crippen LogP contribution in [0.25, 0.3) is 0 Å². The lowest BCUT2D eigenvalue weighted by atomic mass is 9.81. The lowest BCUT2D eigenvalue weighted by molar-refractivity contribution is 0.137. The second-order valence-electron chi connectivity index (χ2n) is 12.8. The zero-order valence-corrected chi connectivity index (χ0v) is 28.5. The normalized spacial score (nSPS) is 21.1. The Morgan fingerprint density at radius 3 is 1.40 bits per heavy atom. The van der Waals surface area contributed by atoms with Crippen LogP contribution in [0.2, 0.25) is 0 Å². The van der Waals surface area contributed by atoms with Gasteiger partial charge in [-0.25, -0.2) is 13.6 Å². The highest BCUT2D eigenvalue weighted by atomic mass is 19.1. The third kappa shape index (κ3) is 9.95. The highest BCUT2D eigenvalue weighted by molar-refractivity contribution is 5.53. The molecule has 4 aromatic carbocycles. The molecule has 4 N–H and O–H groups in total. The van der Waals surface area contributed by atoms with Crippen LogP contribution in [0.5, 0.6) is 34.5 Å². The molecule has 4 atom stereocenters. The van der Waals surface area contributed by atoms with Gasteiger partial charge in [-0.3, -0.25) is 0 Å². The summed E-state index contributed by atoms with van der Waals surface area (Å²) < 4.78 is 59.7. The summed E-state index contributed by atoms with van der Waals surface area (Å²) in [4.78, 5) is 8.56. The Morgan fingerprint density at radius 1 is 0.615 bits per heavy atom. The van der Waals surface area contributed by atoms with Gasteiger partial charge in [0.1, 0.15) is 23.1 Å². The van der Waals surface area contributed by atoms with Gasteiger partial charge in [-0.05, 0) is 97.4 Å². The van der Waals surface area contributed by atoms with Crippen LogP contribution in [0.1, 0.15) is 35.8 Å². The molecule has 0 spiro atoms. The number of hydrogen-bond acceptors (Lipinski definition) is 9. The Bertz CT molecular complexity index is 1630. The Morgan fingerprint density at radius 2 is 1.00 bits per heavy atom. The molecule has 0 bridgehead atoms. The Labute approximate surface area is 300 Å². The average molecular weight is 721 g/mol. The number of benzene rings is 4. The Balaban J connectivity index is 0.000000162. The van der Waals surface area contributed by atoms with E-state index in [4.69, 9.17) is 43.4 Å². The van der Waals surface area contributed by atoms with Crippen molar-refractivity contribution in [2.45, 2.75) is 24.7 Å². The number of piperidine rings is 2. The van der Waals surface area contributed by atoms with Crippen molar-refractivity contribution in [1.82, 2.24) is 10.6 Å². The monoisotopic (exact) mass is 720 g/mol. The molecule has 0 saturated carbocycles. The molecule has 4 heterocycles. The smallest absolute Gasteiger partial charge is 0.493 e. The summed E-state index contributed by atoms with van der Waals surface area (Å²) in [7, 11) is 0. The van der Waals surface area contributed by atoms with Gasteiger partial charge >= 0.3 is 6.16 Å². The molecule has 4 aliphatic rings. The van der Waals surface area contributed by atoms with E-state index in [9.17, 15) is 8.78 Å². The van der Waals surface area contributed by atoms with Crippen LogP contribution in [0, 0.1) is 23.5 Å². The van der Waals surface area contributed by atoms with Gasteiger partial charge in [-0.15, -0.1) is 0 Å². The van der Waals surface area contributed by atoms with E-state index in [-0.39, 0.29) is 25.2 Å². The van der Waals surface area contributed by atoms with Gasteiger partial charge in [0.2, 0.25) is 13.6 Å². The minimum atomic E-state index is -1.83. The van der Waals surface area contributed by atoms with Crippen LogP contribution in [-0.4, -0.2) is 69.3 Å². The predicted octanol–water partition coefficient (Wildman–Crippen LogP) is 6.88. The molecule has 8 rings (SSSR count). The van der Waals surface area contributed by atoms with Crippen molar-refractivity contribution in [3.63, 3.8) is 0 Å². The number of fused-ring (bicyclic) bond motifs is 2. The number of hydrogen-bond donors (Lipinski definition) is 4. The number of rotatable bonds is 8. The Hall–Kier alpha value is -5.27. The van der Waals surface area contributed by atoms with E-state index in [1.807, 2.05) is 60.7 Å². The topological polar surface area (TPSA) is 137 Å². The van der Waals surface area contributed by atoms with Gasteiger partial charge in [0.05, 0.1) is 13.2 Å². The summed E-state index contributed by atoms with van der Waals surface area (Å²) in [6.07, 6.45) is 0.224. The molecule has 4 aliphatic heterocycles. The third-order valence-electron chi connectivity index (χ3n) is 9.43. The number of halogens is 2. The van der Waals surface area contributed by atoms with Crippen molar-refractivity contribution in [1.29, 1.82) is 0 Å². The minimum absolute atomic E-state index is 0.194. The minimum Gasteiger partial charge on any atom is -0.493 e. The van der Waals surface area contributed by atoms with Crippen LogP contribution in [-0.2, 0) is 0 Å². The maximum Gasteiger partial charge on any atom is 0.503 e. The number of carbonyl (C=O) groups is 1. The summed E-state index contributed by atoms with van der Waals surface area (Å²) in [5, 5.41) is 20.8. The van der Waals surface area contributed by atoms with E-state index >= 15 is 0 Å². The van der Waals surface area contributed by atoms with Gasteiger partial charge in [-0.1, -0.05) is 24.3 Å². The zero-order valence-electron chi connectivity index (χ0n) is 28.5. The molecule has 52 heavy (non-hydrogen) atoms. The second kappa shape index (κ2) is 17.8. The zero-order chi connectivity index (χ0) is 36.3. The average Bonchev–Trinajstić information content (AvgIpc) is 3.84. The fourth-order valence-electron chi connectivity index (χ4n) is 6.83. The van der Waals surface area contributed by atoms with Crippen LogP contribution < -0.4 is 39.1 Å². The number of ether oxygens (including phenoxy) is 6. The van der Waals surface area contributed by atoms with Crippen LogP contribution >= 0.6 is 0 Å². The molecule has 0 radical (unpaired) electrons. The molecule has 0 aromatic heterocycles. The van der Waals surface area contributed by atoms with E-state index in [1.54, 1.807) is 0 Å². The van der Waals surface area contributed by atoms with Gasteiger partial charge in [-0.2, -0.15) is 0 Å². The lowest BCUT2D eigenvalue weighted by Gasteiger charge is -2.32. The van der Waals surface area contributed by atoms with Crippen LogP contribution in [0.15, 0.2) is 84.9 Å². The fraction of sp³-hybridized carbons (Fsp3) is 0.359. The Kier molecular flexibility index (Phi) is 12.5. The SMILES string of the molecule is Fc1ccc(C2CCNCC2COc2ccc3c(c2)OCO3)cc1.Fc1ccc(C2CCNCC2COc2ccc3c(c2)OCO3)cc1.O=C(O)O. The molecule has 0 amide bonds. The quantitative estimate of drug-likeness (QED) is 0.152. The maximum atomic E-state index is 13.2. The van der Waals surface area contributed by atoms with E-state index in [0.29, 0.717) is 36.9 Å². The van der Waals surface area contributed by atoms with Crippen LogP contribution in [0.4, 0.5) is 13.6 Å². The molecule has 276 valence electrons. The molecule has 2 saturated heterocycles. The highest BCUT2D eigenvalue weighted by Gasteiger charge is 2.28. The van der Waals surface area contributed by atoms with E-state index < -0.39 is 6.16 Å². The summed E-state index contributed by atoms with van der Waals surface area (Å²) >= 11 is 0. The van der Waals surface area contributed by atoms with Gasteiger partial charge < -0.3 is 49.3 Å². The van der Waals surface area contributed by atoms with Gasteiger partial charge in [0.25, 0.3) is 0 Å². The fourth-order valence-corrected chi connectivity index (χ4v) is 6.83. The van der Waals surface area contributed by atoms with Crippen molar-refractivity contribution in [3.8, 4) is 34.5 Å². The molecular formula is C39H42F2N2O9. The van der Waals surface area contributed by atoms with Gasteiger partial charge in [0.15, 0.2) is 23.0 Å². The van der Waals surface area contributed by atoms with Crippen molar-refractivity contribution >= 4 is 6.16 Å². The second-order valence-corrected chi connectivity index (χ2v) is 12.8. The first kappa shape index (κ1) is 36.5. The van der Waals surface area contributed by atoms with Gasteiger partial charge in [0, 0.05) is 37.1 Å². The summed E-state index contributed by atoms with van der Waals surface area (Å²) in [5.74, 6) is 5.57. The van der Waals surface area contributed by atoms with Crippen LogP contribution in [0.3, 0.4) is 0 Å². The van der Waals surface area contributed by atoms with Crippen molar-refractivity contribution < 1.29 is 52.2 Å². The molecule has 0 aliphatic carbocycles. The number of carboxylic acid groups (broad SMARTS) is 2.